The molecule has 0 saturated carbocycles. The zero-order valence-corrected chi connectivity index (χ0v) is 16.7. The Kier molecular flexibility index (Phi) is 6.85. The Hall–Kier alpha value is -3.34. The fraction of sp³-hybridized carbons (Fsp3) is 0.250. The van der Waals surface area contributed by atoms with Gasteiger partial charge in [-0.2, -0.15) is 0 Å². The molecular formula is C24H25NO4. The number of hydrogen-bond acceptors (Lipinski definition) is 4. The monoisotopic (exact) mass is 391 g/mol. The van der Waals surface area contributed by atoms with Gasteiger partial charge in [0, 0.05) is 11.1 Å². The molecule has 1 amide bonds. The third-order valence-corrected chi connectivity index (χ3v) is 4.54. The topological polar surface area (TPSA) is 64.6 Å². The minimum absolute atomic E-state index is 0.267. The number of hydrogen-bond donors (Lipinski definition) is 1. The van der Waals surface area contributed by atoms with Gasteiger partial charge in [0.05, 0.1) is 12.2 Å². The van der Waals surface area contributed by atoms with E-state index in [2.05, 4.69) is 5.32 Å². The first kappa shape index (κ1) is 20.4. The Bertz CT molecular complexity index is 976. The lowest BCUT2D eigenvalue weighted by molar-refractivity contribution is -0.122. The fourth-order valence-corrected chi connectivity index (χ4v) is 2.87. The molecule has 3 aromatic carbocycles. The van der Waals surface area contributed by atoms with Gasteiger partial charge in [0.15, 0.2) is 6.10 Å². The first-order valence-corrected chi connectivity index (χ1v) is 9.81. The predicted molar refractivity (Wildman–Crippen MR) is 114 cm³/mol. The average Bonchev–Trinajstić information content (AvgIpc) is 2.74. The quantitative estimate of drug-likeness (QED) is 0.423. The van der Waals surface area contributed by atoms with E-state index in [0.717, 1.165) is 23.6 Å². The Balaban J connectivity index is 1.60. The molecule has 0 aliphatic heterocycles. The zero-order chi connectivity index (χ0) is 20.6. The average molecular weight is 391 g/mol. The summed E-state index contributed by atoms with van der Waals surface area (Å²) in [4.78, 5) is 24.5. The molecule has 150 valence electrons. The van der Waals surface area contributed by atoms with Crippen LogP contribution in [0.25, 0.3) is 10.8 Å². The van der Waals surface area contributed by atoms with E-state index in [1.165, 1.54) is 0 Å². The number of carbonyl (C=O) groups is 2. The van der Waals surface area contributed by atoms with Gasteiger partial charge in [0.1, 0.15) is 5.75 Å². The van der Waals surface area contributed by atoms with E-state index in [9.17, 15) is 9.59 Å². The van der Waals surface area contributed by atoms with Crippen LogP contribution in [0.2, 0.25) is 0 Å². The molecule has 29 heavy (non-hydrogen) atoms. The Morgan fingerprint density at radius 2 is 1.69 bits per heavy atom. The van der Waals surface area contributed by atoms with Crippen molar-refractivity contribution >= 4 is 28.3 Å². The summed E-state index contributed by atoms with van der Waals surface area (Å²) in [5.41, 5.74) is 1.05. The minimum Gasteiger partial charge on any atom is -0.480 e. The van der Waals surface area contributed by atoms with E-state index in [0.29, 0.717) is 23.6 Å². The van der Waals surface area contributed by atoms with Crippen LogP contribution in [0.15, 0.2) is 66.7 Å². The molecule has 0 radical (unpaired) electrons. The lowest BCUT2D eigenvalue weighted by Gasteiger charge is -2.16. The van der Waals surface area contributed by atoms with E-state index >= 15 is 0 Å². The Morgan fingerprint density at radius 3 is 2.45 bits per heavy atom. The van der Waals surface area contributed by atoms with Gasteiger partial charge in [-0.1, -0.05) is 49.7 Å². The Morgan fingerprint density at radius 1 is 0.966 bits per heavy atom. The normalized spacial score (nSPS) is 11.7. The summed E-state index contributed by atoms with van der Waals surface area (Å²) in [6, 6.07) is 20.3. The predicted octanol–water partition coefficient (Wildman–Crippen LogP) is 5.20. The second-order valence-corrected chi connectivity index (χ2v) is 6.79. The molecule has 5 nitrogen and oxygen atoms in total. The van der Waals surface area contributed by atoms with Gasteiger partial charge < -0.3 is 14.8 Å². The number of ether oxygens (including phenoxy) is 2. The van der Waals surface area contributed by atoms with Crippen molar-refractivity contribution in [3.8, 4) is 5.75 Å². The summed E-state index contributed by atoms with van der Waals surface area (Å²) in [7, 11) is 0. The summed E-state index contributed by atoms with van der Waals surface area (Å²) >= 11 is 0. The number of esters is 1. The molecule has 0 saturated heterocycles. The highest BCUT2D eigenvalue weighted by molar-refractivity contribution is 5.96. The fourth-order valence-electron chi connectivity index (χ4n) is 2.87. The van der Waals surface area contributed by atoms with Crippen LogP contribution in [0.1, 0.15) is 37.0 Å². The number of carbonyl (C=O) groups excluding carboxylic acids is 2. The van der Waals surface area contributed by atoms with Crippen LogP contribution in [0.5, 0.6) is 5.75 Å². The van der Waals surface area contributed by atoms with Crippen molar-refractivity contribution < 1.29 is 19.1 Å². The summed E-state index contributed by atoms with van der Waals surface area (Å²) in [6.45, 7) is 4.16. The van der Waals surface area contributed by atoms with Crippen molar-refractivity contribution in [1.29, 1.82) is 0 Å². The second kappa shape index (κ2) is 9.73. The molecule has 0 spiro atoms. The van der Waals surface area contributed by atoms with Gasteiger partial charge in [-0.15, -0.1) is 0 Å². The Labute approximate surface area is 170 Å². The summed E-state index contributed by atoms with van der Waals surface area (Å²) in [5, 5.41) is 4.83. The number of anilines is 1. The van der Waals surface area contributed by atoms with Gasteiger partial charge in [-0.05, 0) is 49.1 Å². The number of amides is 1. The smallest absolute Gasteiger partial charge is 0.338 e. The molecule has 0 fully saturated rings. The highest BCUT2D eigenvalue weighted by atomic mass is 16.5. The molecule has 1 N–H and O–H groups in total. The molecular weight excluding hydrogens is 366 g/mol. The van der Waals surface area contributed by atoms with Crippen LogP contribution in [0, 0.1) is 0 Å². The molecule has 0 heterocycles. The molecule has 0 unspecified atom stereocenters. The second-order valence-electron chi connectivity index (χ2n) is 6.79. The lowest BCUT2D eigenvalue weighted by Crippen LogP contribution is -2.30. The minimum atomic E-state index is -0.681. The van der Waals surface area contributed by atoms with Gasteiger partial charge in [-0.3, -0.25) is 4.79 Å². The number of unbranched alkanes of at least 4 members (excludes halogenated alkanes) is 1. The molecule has 0 aliphatic rings. The van der Waals surface area contributed by atoms with Crippen molar-refractivity contribution in [3.05, 3.63) is 72.3 Å². The SMILES string of the molecule is CCCCOC(=O)c1ccc(NC(=O)[C@@H](C)Oc2cccc3ccccc23)cc1. The summed E-state index contributed by atoms with van der Waals surface area (Å²) in [6.07, 6.45) is 1.13. The van der Waals surface area contributed by atoms with Crippen LogP contribution >= 0.6 is 0 Å². The van der Waals surface area contributed by atoms with E-state index < -0.39 is 6.10 Å². The molecule has 1 atom stereocenters. The number of nitrogens with one attached hydrogen (secondary N) is 1. The van der Waals surface area contributed by atoms with Gasteiger partial charge in [-0.25, -0.2) is 4.79 Å². The molecule has 3 aromatic rings. The van der Waals surface area contributed by atoms with Gasteiger partial charge >= 0.3 is 5.97 Å². The molecule has 0 aromatic heterocycles. The zero-order valence-electron chi connectivity index (χ0n) is 16.7. The van der Waals surface area contributed by atoms with Crippen LogP contribution in [0.4, 0.5) is 5.69 Å². The van der Waals surface area contributed by atoms with E-state index in [4.69, 9.17) is 9.47 Å². The van der Waals surface area contributed by atoms with E-state index in [-0.39, 0.29) is 11.9 Å². The van der Waals surface area contributed by atoms with E-state index in [1.807, 2.05) is 49.4 Å². The highest BCUT2D eigenvalue weighted by Crippen LogP contribution is 2.26. The van der Waals surface area contributed by atoms with Crippen LogP contribution in [0.3, 0.4) is 0 Å². The van der Waals surface area contributed by atoms with Crippen molar-refractivity contribution in [3.63, 3.8) is 0 Å². The third-order valence-electron chi connectivity index (χ3n) is 4.54. The first-order valence-electron chi connectivity index (χ1n) is 9.81. The van der Waals surface area contributed by atoms with Crippen LogP contribution in [-0.2, 0) is 9.53 Å². The number of benzene rings is 3. The third kappa shape index (κ3) is 5.35. The summed E-state index contributed by atoms with van der Waals surface area (Å²) < 4.78 is 11.1. The van der Waals surface area contributed by atoms with Gasteiger partial charge in [0.2, 0.25) is 0 Å². The molecule has 0 aliphatic carbocycles. The van der Waals surface area contributed by atoms with Crippen molar-refractivity contribution in [2.75, 3.05) is 11.9 Å². The molecule has 5 heteroatoms. The molecule has 0 bridgehead atoms. The van der Waals surface area contributed by atoms with Crippen LogP contribution < -0.4 is 10.1 Å². The van der Waals surface area contributed by atoms with Crippen molar-refractivity contribution in [1.82, 2.24) is 0 Å². The maximum atomic E-state index is 12.5. The summed E-state index contributed by atoms with van der Waals surface area (Å²) in [5.74, 6) is 0.0381. The van der Waals surface area contributed by atoms with Crippen molar-refractivity contribution in [2.24, 2.45) is 0 Å². The van der Waals surface area contributed by atoms with Gasteiger partial charge in [0.25, 0.3) is 5.91 Å². The van der Waals surface area contributed by atoms with E-state index in [1.54, 1.807) is 31.2 Å². The first-order chi connectivity index (χ1) is 14.1. The largest absolute Gasteiger partial charge is 0.480 e. The molecule has 3 rings (SSSR count). The highest BCUT2D eigenvalue weighted by Gasteiger charge is 2.16. The van der Waals surface area contributed by atoms with Crippen molar-refractivity contribution in [2.45, 2.75) is 32.8 Å². The maximum Gasteiger partial charge on any atom is 0.338 e. The van der Waals surface area contributed by atoms with Crippen LogP contribution in [-0.4, -0.2) is 24.6 Å². The lowest BCUT2D eigenvalue weighted by atomic mass is 10.1. The standard InChI is InChI=1S/C24H25NO4/c1-3-4-16-28-24(27)19-12-14-20(15-13-19)25-23(26)17(2)29-22-11-7-9-18-8-5-6-10-21(18)22/h5-15,17H,3-4,16H2,1-2H3,(H,25,26)/t17-/m1/s1. The number of fused-ring (bicyclic) bond motifs is 1. The number of rotatable bonds is 8. The maximum absolute atomic E-state index is 12.5.